The number of benzene rings is 1. The number of hydrogen-bond acceptors (Lipinski definition) is 1. The van der Waals surface area contributed by atoms with Gasteiger partial charge in [-0.2, -0.15) is 0 Å². The second-order valence-electron chi connectivity index (χ2n) is 3.40. The van der Waals surface area contributed by atoms with E-state index in [1.165, 1.54) is 0 Å². The first-order valence-corrected chi connectivity index (χ1v) is 5.04. The lowest BCUT2D eigenvalue weighted by atomic mass is 10.2. The molecule has 0 aromatic heterocycles. The van der Waals surface area contributed by atoms with Gasteiger partial charge in [-0.1, -0.05) is 37.0 Å². The fourth-order valence-corrected chi connectivity index (χ4v) is 1.30. The van der Waals surface area contributed by atoms with Crippen molar-refractivity contribution in [3.05, 3.63) is 28.2 Å². The van der Waals surface area contributed by atoms with E-state index in [0.29, 0.717) is 16.0 Å². The van der Waals surface area contributed by atoms with Crippen LogP contribution in [0.3, 0.4) is 0 Å². The second-order valence-corrected chi connectivity index (χ2v) is 4.24. The Bertz CT molecular complexity index is 284. The van der Waals surface area contributed by atoms with Crippen molar-refractivity contribution in [2.24, 2.45) is 5.92 Å². The molecular weight excluding hydrogens is 205 g/mol. The van der Waals surface area contributed by atoms with E-state index in [1.54, 1.807) is 12.1 Å². The number of nitrogens with one attached hydrogen (secondary N) is 1. The van der Waals surface area contributed by atoms with Crippen molar-refractivity contribution < 1.29 is 0 Å². The van der Waals surface area contributed by atoms with Gasteiger partial charge >= 0.3 is 0 Å². The summed E-state index contributed by atoms with van der Waals surface area (Å²) in [5.74, 6) is 0.593. The molecule has 0 atom stereocenters. The summed E-state index contributed by atoms with van der Waals surface area (Å²) in [4.78, 5) is 0. The number of rotatable bonds is 3. The van der Waals surface area contributed by atoms with E-state index in [1.807, 2.05) is 6.07 Å². The molecule has 1 aromatic carbocycles. The largest absolute Gasteiger partial charge is 0.384 e. The van der Waals surface area contributed by atoms with Crippen molar-refractivity contribution >= 4 is 28.9 Å². The molecule has 0 fully saturated rings. The number of anilines is 1. The van der Waals surface area contributed by atoms with Gasteiger partial charge in [-0.05, 0) is 24.1 Å². The molecule has 0 saturated heterocycles. The lowest BCUT2D eigenvalue weighted by Crippen LogP contribution is -2.08. The summed E-state index contributed by atoms with van der Waals surface area (Å²) in [6.07, 6.45) is 0. The summed E-state index contributed by atoms with van der Waals surface area (Å²) >= 11 is 11.8. The molecule has 1 nitrogen and oxygen atoms in total. The maximum atomic E-state index is 5.96. The van der Waals surface area contributed by atoms with Crippen LogP contribution in [0.4, 0.5) is 5.69 Å². The highest BCUT2D eigenvalue weighted by molar-refractivity contribution is 6.35. The topological polar surface area (TPSA) is 12.0 Å². The third kappa shape index (κ3) is 3.45. The van der Waals surface area contributed by atoms with Crippen LogP contribution in [-0.2, 0) is 0 Å². The molecule has 0 aliphatic heterocycles. The Hall–Kier alpha value is -0.400. The summed E-state index contributed by atoms with van der Waals surface area (Å²) < 4.78 is 0. The highest BCUT2D eigenvalue weighted by Gasteiger charge is 2.01. The van der Waals surface area contributed by atoms with Crippen molar-refractivity contribution in [3.8, 4) is 0 Å². The van der Waals surface area contributed by atoms with Gasteiger partial charge in [0.15, 0.2) is 0 Å². The molecule has 1 N–H and O–H groups in total. The monoisotopic (exact) mass is 217 g/mol. The molecule has 3 heteroatoms. The lowest BCUT2D eigenvalue weighted by Gasteiger charge is -2.10. The Kier molecular flexibility index (Phi) is 3.89. The zero-order valence-corrected chi connectivity index (χ0v) is 9.28. The maximum absolute atomic E-state index is 5.96. The predicted octanol–water partition coefficient (Wildman–Crippen LogP) is 4.06. The van der Waals surface area contributed by atoms with Crippen LogP contribution >= 0.6 is 23.2 Å². The minimum atomic E-state index is 0.593. The van der Waals surface area contributed by atoms with E-state index in [4.69, 9.17) is 23.2 Å². The van der Waals surface area contributed by atoms with Gasteiger partial charge in [-0.3, -0.25) is 0 Å². The summed E-state index contributed by atoms with van der Waals surface area (Å²) in [5.41, 5.74) is 0.905. The average Bonchev–Trinajstić information content (AvgIpc) is 2.06. The Morgan fingerprint density at radius 2 is 2.00 bits per heavy atom. The van der Waals surface area contributed by atoms with Crippen molar-refractivity contribution in [2.75, 3.05) is 11.9 Å². The van der Waals surface area contributed by atoms with Crippen molar-refractivity contribution in [3.63, 3.8) is 0 Å². The highest BCUT2D eigenvalue weighted by Crippen LogP contribution is 2.25. The third-order valence-corrected chi connectivity index (χ3v) is 2.19. The Labute approximate surface area is 89.0 Å². The van der Waals surface area contributed by atoms with Gasteiger partial charge in [0, 0.05) is 11.6 Å². The van der Waals surface area contributed by atoms with Gasteiger partial charge in [-0.25, -0.2) is 0 Å². The Morgan fingerprint density at radius 1 is 1.31 bits per heavy atom. The molecule has 0 spiro atoms. The Balaban J connectivity index is 2.70. The molecule has 0 radical (unpaired) electrons. The van der Waals surface area contributed by atoms with Crippen molar-refractivity contribution in [1.29, 1.82) is 0 Å². The molecular formula is C10H13Cl2N. The quantitative estimate of drug-likeness (QED) is 0.806. The molecule has 0 unspecified atom stereocenters. The molecule has 0 bridgehead atoms. The van der Waals surface area contributed by atoms with E-state index in [-0.39, 0.29) is 0 Å². The van der Waals surface area contributed by atoms with Crippen molar-refractivity contribution in [1.82, 2.24) is 0 Å². The molecule has 13 heavy (non-hydrogen) atoms. The summed E-state index contributed by atoms with van der Waals surface area (Å²) in [7, 11) is 0. The smallest absolute Gasteiger partial charge is 0.0638 e. The van der Waals surface area contributed by atoms with Crippen LogP contribution in [0.15, 0.2) is 18.2 Å². The Morgan fingerprint density at radius 3 is 2.62 bits per heavy atom. The molecule has 0 amide bonds. The van der Waals surface area contributed by atoms with E-state index in [9.17, 15) is 0 Å². The zero-order valence-electron chi connectivity index (χ0n) is 7.77. The van der Waals surface area contributed by atoms with Gasteiger partial charge in [-0.15, -0.1) is 0 Å². The number of hydrogen-bond donors (Lipinski definition) is 1. The van der Waals surface area contributed by atoms with Crippen LogP contribution < -0.4 is 5.32 Å². The molecule has 0 heterocycles. The molecule has 72 valence electrons. The van der Waals surface area contributed by atoms with Gasteiger partial charge < -0.3 is 5.32 Å². The van der Waals surface area contributed by atoms with Crippen LogP contribution in [0.1, 0.15) is 13.8 Å². The first-order valence-electron chi connectivity index (χ1n) is 4.28. The van der Waals surface area contributed by atoms with Crippen LogP contribution in [-0.4, -0.2) is 6.54 Å². The maximum Gasteiger partial charge on any atom is 0.0638 e. The highest BCUT2D eigenvalue weighted by atomic mass is 35.5. The molecule has 0 saturated carbocycles. The van der Waals surface area contributed by atoms with Crippen LogP contribution in [0, 0.1) is 5.92 Å². The summed E-state index contributed by atoms with van der Waals surface area (Å²) in [6.45, 7) is 5.19. The van der Waals surface area contributed by atoms with Gasteiger partial charge in [0.1, 0.15) is 0 Å². The summed E-state index contributed by atoms with van der Waals surface area (Å²) in [5, 5.41) is 4.65. The summed E-state index contributed by atoms with van der Waals surface area (Å²) in [6, 6.07) is 5.42. The van der Waals surface area contributed by atoms with E-state index in [0.717, 1.165) is 12.2 Å². The first kappa shape index (κ1) is 10.7. The fraction of sp³-hybridized carbons (Fsp3) is 0.400. The van der Waals surface area contributed by atoms with Crippen LogP contribution in [0.2, 0.25) is 10.0 Å². The van der Waals surface area contributed by atoms with Gasteiger partial charge in [0.25, 0.3) is 0 Å². The van der Waals surface area contributed by atoms with E-state index < -0.39 is 0 Å². The van der Waals surface area contributed by atoms with E-state index >= 15 is 0 Å². The molecule has 1 aromatic rings. The SMILES string of the molecule is CC(C)CNc1cc(Cl)ccc1Cl. The van der Waals surface area contributed by atoms with E-state index in [2.05, 4.69) is 19.2 Å². The zero-order chi connectivity index (χ0) is 9.84. The molecule has 1 rings (SSSR count). The second kappa shape index (κ2) is 4.73. The standard InChI is InChI=1S/C10H13Cl2N/c1-7(2)6-13-10-5-8(11)3-4-9(10)12/h3-5,7,13H,6H2,1-2H3. The molecule has 0 aliphatic rings. The lowest BCUT2D eigenvalue weighted by molar-refractivity contribution is 0.689. The van der Waals surface area contributed by atoms with Gasteiger partial charge in [0.05, 0.1) is 10.7 Å². The minimum Gasteiger partial charge on any atom is -0.384 e. The van der Waals surface area contributed by atoms with Gasteiger partial charge in [0.2, 0.25) is 0 Å². The van der Waals surface area contributed by atoms with Crippen LogP contribution in [0.5, 0.6) is 0 Å². The third-order valence-electron chi connectivity index (χ3n) is 1.63. The average molecular weight is 218 g/mol. The fourth-order valence-electron chi connectivity index (χ4n) is 0.947. The van der Waals surface area contributed by atoms with Crippen LogP contribution in [0.25, 0.3) is 0 Å². The predicted molar refractivity (Wildman–Crippen MR) is 59.8 cm³/mol. The minimum absolute atomic E-state index is 0.593. The first-order chi connectivity index (χ1) is 6.09. The normalized spacial score (nSPS) is 10.5. The number of halogens is 2. The molecule has 0 aliphatic carbocycles. The van der Waals surface area contributed by atoms with Crippen molar-refractivity contribution in [2.45, 2.75) is 13.8 Å².